The number of unbranched alkanes of at least 4 members (excludes halogenated alkanes) is 1. The van der Waals surface area contributed by atoms with Crippen LogP contribution in [0.15, 0.2) is 0 Å². The molecule has 0 radical (unpaired) electrons. The van der Waals surface area contributed by atoms with Gasteiger partial charge in [0, 0.05) is 19.6 Å². The monoisotopic (exact) mass is 244 g/mol. The second-order valence-corrected chi connectivity index (χ2v) is 5.59. The van der Waals surface area contributed by atoms with Crippen molar-refractivity contribution < 1.29 is 4.79 Å². The highest BCUT2D eigenvalue weighted by molar-refractivity contribution is 7.98. The molecule has 1 aliphatic heterocycles. The van der Waals surface area contributed by atoms with Crippen LogP contribution in [0.5, 0.6) is 0 Å². The lowest BCUT2D eigenvalue weighted by atomic mass is 10.00. The number of urea groups is 1. The summed E-state index contributed by atoms with van der Waals surface area (Å²) in [5.41, 5.74) is 0. The van der Waals surface area contributed by atoms with Gasteiger partial charge in [0.2, 0.25) is 0 Å². The van der Waals surface area contributed by atoms with Crippen molar-refractivity contribution >= 4 is 17.8 Å². The summed E-state index contributed by atoms with van der Waals surface area (Å²) < 4.78 is 0. The number of piperidine rings is 1. The van der Waals surface area contributed by atoms with Crippen LogP contribution in [-0.2, 0) is 0 Å². The van der Waals surface area contributed by atoms with Gasteiger partial charge in [0.1, 0.15) is 0 Å². The van der Waals surface area contributed by atoms with Crippen LogP contribution < -0.4 is 5.32 Å². The Balaban J connectivity index is 2.06. The summed E-state index contributed by atoms with van der Waals surface area (Å²) in [6, 6.07) is 0.135. The van der Waals surface area contributed by atoms with E-state index in [9.17, 15) is 4.79 Å². The number of thioether (sulfide) groups is 1. The van der Waals surface area contributed by atoms with Gasteiger partial charge in [-0.3, -0.25) is 0 Å². The molecular weight excluding hydrogens is 220 g/mol. The van der Waals surface area contributed by atoms with Crippen LogP contribution in [0.1, 0.15) is 32.6 Å². The van der Waals surface area contributed by atoms with Crippen molar-refractivity contribution in [2.75, 3.05) is 31.6 Å². The van der Waals surface area contributed by atoms with Gasteiger partial charge in [-0.1, -0.05) is 6.92 Å². The van der Waals surface area contributed by atoms with Crippen LogP contribution in [0.2, 0.25) is 0 Å². The van der Waals surface area contributed by atoms with E-state index in [1.165, 1.54) is 12.2 Å². The van der Waals surface area contributed by atoms with E-state index in [1.54, 1.807) is 0 Å². The molecule has 0 spiro atoms. The van der Waals surface area contributed by atoms with Gasteiger partial charge < -0.3 is 10.2 Å². The van der Waals surface area contributed by atoms with E-state index in [0.29, 0.717) is 0 Å². The van der Waals surface area contributed by atoms with Gasteiger partial charge in [-0.15, -0.1) is 0 Å². The van der Waals surface area contributed by atoms with Gasteiger partial charge in [0.25, 0.3) is 0 Å². The molecule has 0 aromatic carbocycles. The Bertz CT molecular complexity index is 203. The summed E-state index contributed by atoms with van der Waals surface area (Å²) in [4.78, 5) is 13.7. The molecule has 1 fully saturated rings. The Hall–Kier alpha value is -0.380. The predicted octanol–water partition coefficient (Wildman–Crippen LogP) is 2.57. The first-order valence-electron chi connectivity index (χ1n) is 6.25. The number of hydrogen-bond donors (Lipinski definition) is 1. The van der Waals surface area contributed by atoms with Crippen LogP contribution >= 0.6 is 11.8 Å². The summed E-state index contributed by atoms with van der Waals surface area (Å²) in [5, 5.41) is 3.00. The van der Waals surface area contributed by atoms with E-state index in [1.807, 2.05) is 16.7 Å². The highest BCUT2D eigenvalue weighted by Gasteiger charge is 2.19. The molecule has 0 bridgehead atoms. The molecule has 0 unspecified atom stereocenters. The molecule has 94 valence electrons. The Morgan fingerprint density at radius 1 is 1.38 bits per heavy atom. The lowest BCUT2D eigenvalue weighted by Gasteiger charge is -2.30. The van der Waals surface area contributed by atoms with Crippen molar-refractivity contribution in [2.24, 2.45) is 5.92 Å². The third-order valence-corrected chi connectivity index (χ3v) is 3.82. The molecule has 0 aliphatic carbocycles. The number of carbonyl (C=O) groups is 1. The highest BCUT2D eigenvalue weighted by atomic mass is 32.2. The van der Waals surface area contributed by atoms with E-state index in [0.717, 1.165) is 44.8 Å². The van der Waals surface area contributed by atoms with Gasteiger partial charge in [-0.05, 0) is 43.6 Å². The van der Waals surface area contributed by atoms with Crippen molar-refractivity contribution in [3.05, 3.63) is 0 Å². The Morgan fingerprint density at radius 2 is 2.06 bits per heavy atom. The molecule has 1 aliphatic rings. The molecule has 0 aromatic heterocycles. The number of nitrogens with zero attached hydrogens (tertiary/aromatic N) is 1. The Labute approximate surface area is 103 Å². The number of carbonyl (C=O) groups excluding carboxylic acids is 1. The fourth-order valence-corrected chi connectivity index (χ4v) is 2.38. The fraction of sp³-hybridized carbons (Fsp3) is 0.917. The van der Waals surface area contributed by atoms with E-state index in [4.69, 9.17) is 0 Å². The molecule has 1 N–H and O–H groups in total. The molecule has 16 heavy (non-hydrogen) atoms. The zero-order valence-corrected chi connectivity index (χ0v) is 11.3. The molecule has 0 aromatic rings. The average Bonchev–Trinajstić information content (AvgIpc) is 2.29. The van der Waals surface area contributed by atoms with Crippen molar-refractivity contribution in [1.29, 1.82) is 0 Å². The zero-order valence-electron chi connectivity index (χ0n) is 10.5. The smallest absolute Gasteiger partial charge is 0.317 e. The third kappa shape index (κ3) is 5.10. The minimum absolute atomic E-state index is 0.135. The van der Waals surface area contributed by atoms with Gasteiger partial charge in [0.15, 0.2) is 0 Å². The van der Waals surface area contributed by atoms with Gasteiger partial charge in [0.05, 0.1) is 0 Å². The molecule has 1 heterocycles. The number of hydrogen-bond acceptors (Lipinski definition) is 2. The second-order valence-electron chi connectivity index (χ2n) is 4.60. The quantitative estimate of drug-likeness (QED) is 0.754. The first-order chi connectivity index (χ1) is 7.74. The van der Waals surface area contributed by atoms with E-state index < -0.39 is 0 Å². The van der Waals surface area contributed by atoms with Crippen LogP contribution in [0, 0.1) is 5.92 Å². The fourth-order valence-electron chi connectivity index (χ4n) is 1.89. The normalized spacial score (nSPS) is 17.5. The van der Waals surface area contributed by atoms with Crippen molar-refractivity contribution in [3.8, 4) is 0 Å². The summed E-state index contributed by atoms with van der Waals surface area (Å²) in [6.07, 6.45) is 6.71. The first kappa shape index (κ1) is 13.7. The number of amides is 2. The standard InChI is InChI=1S/C12H24N2OS/c1-11-5-8-14(9-6-11)12(15)13-7-3-4-10-16-2/h11H,3-10H2,1-2H3,(H,13,15). The number of nitrogens with one attached hydrogen (secondary N) is 1. The highest BCUT2D eigenvalue weighted by Crippen LogP contribution is 2.15. The minimum atomic E-state index is 0.135. The van der Waals surface area contributed by atoms with Gasteiger partial charge in [-0.2, -0.15) is 11.8 Å². The van der Waals surface area contributed by atoms with Crippen LogP contribution in [-0.4, -0.2) is 42.6 Å². The van der Waals surface area contributed by atoms with Crippen LogP contribution in [0.4, 0.5) is 4.79 Å². The van der Waals surface area contributed by atoms with Crippen molar-refractivity contribution in [2.45, 2.75) is 32.6 Å². The summed E-state index contributed by atoms with van der Waals surface area (Å²) in [6.45, 7) is 4.94. The molecule has 3 nitrogen and oxygen atoms in total. The van der Waals surface area contributed by atoms with E-state index in [-0.39, 0.29) is 6.03 Å². The largest absolute Gasteiger partial charge is 0.338 e. The van der Waals surface area contributed by atoms with E-state index in [2.05, 4.69) is 18.5 Å². The minimum Gasteiger partial charge on any atom is -0.338 e. The first-order valence-corrected chi connectivity index (χ1v) is 7.65. The molecule has 4 heteroatoms. The maximum Gasteiger partial charge on any atom is 0.317 e. The molecule has 1 saturated heterocycles. The summed E-state index contributed by atoms with van der Waals surface area (Å²) in [5.74, 6) is 1.97. The zero-order chi connectivity index (χ0) is 11.8. The third-order valence-electron chi connectivity index (χ3n) is 3.12. The Morgan fingerprint density at radius 3 is 2.69 bits per heavy atom. The Kier molecular flexibility index (Phi) is 6.69. The van der Waals surface area contributed by atoms with Crippen LogP contribution in [0.25, 0.3) is 0 Å². The van der Waals surface area contributed by atoms with Crippen molar-refractivity contribution in [1.82, 2.24) is 10.2 Å². The average molecular weight is 244 g/mol. The summed E-state index contributed by atoms with van der Waals surface area (Å²) in [7, 11) is 0. The molecule has 2 amide bonds. The van der Waals surface area contributed by atoms with Crippen molar-refractivity contribution in [3.63, 3.8) is 0 Å². The number of rotatable bonds is 5. The van der Waals surface area contributed by atoms with Crippen LogP contribution in [0.3, 0.4) is 0 Å². The molecular formula is C12H24N2OS. The maximum atomic E-state index is 11.7. The number of likely N-dealkylation sites (tertiary alicyclic amines) is 1. The lowest BCUT2D eigenvalue weighted by Crippen LogP contribution is -2.44. The lowest BCUT2D eigenvalue weighted by molar-refractivity contribution is 0.174. The van der Waals surface area contributed by atoms with Gasteiger partial charge in [-0.25, -0.2) is 4.79 Å². The SMILES string of the molecule is CSCCCCNC(=O)N1CCC(C)CC1. The molecule has 1 rings (SSSR count). The maximum absolute atomic E-state index is 11.7. The molecule has 0 atom stereocenters. The summed E-state index contributed by atoms with van der Waals surface area (Å²) >= 11 is 1.87. The van der Waals surface area contributed by atoms with Gasteiger partial charge >= 0.3 is 6.03 Å². The molecule has 0 saturated carbocycles. The topological polar surface area (TPSA) is 32.3 Å². The second kappa shape index (κ2) is 7.82. The predicted molar refractivity (Wildman–Crippen MR) is 71.0 cm³/mol. The van der Waals surface area contributed by atoms with E-state index >= 15 is 0 Å².